The summed E-state index contributed by atoms with van der Waals surface area (Å²) < 4.78 is 5.11. The first kappa shape index (κ1) is 12.7. The lowest BCUT2D eigenvalue weighted by molar-refractivity contribution is 0.249. The summed E-state index contributed by atoms with van der Waals surface area (Å²) in [6, 6.07) is -0.0155. The fourth-order valence-corrected chi connectivity index (χ4v) is 1.38. The van der Waals surface area contributed by atoms with Crippen LogP contribution in [0, 0.1) is 12.8 Å². The Morgan fingerprint density at radius 3 is 2.62 bits per heavy atom. The van der Waals surface area contributed by atoms with Gasteiger partial charge in [-0.3, -0.25) is 0 Å². The molecule has 0 unspecified atom stereocenters. The average Bonchev–Trinajstić information content (AvgIpc) is 2.27. The number of nitrogens with one attached hydrogen (secondary N) is 1. The molecule has 0 saturated heterocycles. The molecule has 5 nitrogen and oxygen atoms in total. The summed E-state index contributed by atoms with van der Waals surface area (Å²) >= 11 is 0. The number of methoxy groups -OCH3 is 1. The van der Waals surface area contributed by atoms with E-state index in [2.05, 4.69) is 15.3 Å². The highest BCUT2D eigenvalue weighted by Crippen LogP contribution is 2.21. The Labute approximate surface area is 95.9 Å². The van der Waals surface area contributed by atoms with Gasteiger partial charge in [-0.2, -0.15) is 0 Å². The minimum absolute atomic E-state index is 0.0155. The zero-order chi connectivity index (χ0) is 12.1. The minimum Gasteiger partial charge on any atom is -0.481 e. The summed E-state index contributed by atoms with van der Waals surface area (Å²) in [5.41, 5.74) is 0.851. The van der Waals surface area contributed by atoms with Crippen LogP contribution in [0.2, 0.25) is 0 Å². The van der Waals surface area contributed by atoms with E-state index in [1.807, 2.05) is 20.8 Å². The molecule has 0 amide bonds. The number of anilines is 1. The molecule has 0 spiro atoms. The smallest absolute Gasteiger partial charge is 0.221 e. The van der Waals surface area contributed by atoms with Crippen molar-refractivity contribution >= 4 is 5.82 Å². The van der Waals surface area contributed by atoms with Crippen molar-refractivity contribution in [3.8, 4) is 5.88 Å². The summed E-state index contributed by atoms with van der Waals surface area (Å²) in [5, 5.41) is 12.4. The van der Waals surface area contributed by atoms with Crippen molar-refractivity contribution in [3.63, 3.8) is 0 Å². The van der Waals surface area contributed by atoms with Gasteiger partial charge in [0.1, 0.15) is 12.1 Å². The highest BCUT2D eigenvalue weighted by Gasteiger charge is 2.15. The van der Waals surface area contributed by atoms with E-state index in [0.717, 1.165) is 5.56 Å². The van der Waals surface area contributed by atoms with Crippen molar-refractivity contribution in [2.75, 3.05) is 19.0 Å². The number of nitrogens with zero attached hydrogens (tertiary/aromatic N) is 2. The Balaban J connectivity index is 2.88. The second-order valence-corrected chi connectivity index (χ2v) is 4.03. The molecule has 5 heteroatoms. The number of aromatic nitrogens is 2. The lowest BCUT2D eigenvalue weighted by Gasteiger charge is -2.21. The second kappa shape index (κ2) is 5.65. The molecule has 0 aromatic carbocycles. The number of aliphatic hydroxyl groups excluding tert-OH is 1. The number of aliphatic hydroxyl groups is 1. The normalized spacial score (nSPS) is 12.6. The molecule has 0 aliphatic carbocycles. The molecule has 0 aliphatic rings. The van der Waals surface area contributed by atoms with E-state index >= 15 is 0 Å². The molecule has 0 radical (unpaired) electrons. The standard InChI is InChI=1S/C11H19N3O2/c1-7(2)9(5-15)14-10-8(3)11(16-4)13-6-12-10/h6-7,9,15H,5H2,1-4H3,(H,12,13,14)/t9-/m1/s1. The van der Waals surface area contributed by atoms with Crippen LogP contribution >= 0.6 is 0 Å². The van der Waals surface area contributed by atoms with Gasteiger partial charge in [0.25, 0.3) is 0 Å². The molecular formula is C11H19N3O2. The predicted molar refractivity (Wildman–Crippen MR) is 62.7 cm³/mol. The predicted octanol–water partition coefficient (Wildman–Crippen LogP) is 1.22. The Morgan fingerprint density at radius 2 is 2.12 bits per heavy atom. The second-order valence-electron chi connectivity index (χ2n) is 4.03. The van der Waals surface area contributed by atoms with Crippen molar-refractivity contribution in [2.45, 2.75) is 26.8 Å². The Hall–Kier alpha value is -1.36. The van der Waals surface area contributed by atoms with E-state index in [9.17, 15) is 5.11 Å². The lowest BCUT2D eigenvalue weighted by Crippen LogP contribution is -2.30. The average molecular weight is 225 g/mol. The van der Waals surface area contributed by atoms with E-state index in [-0.39, 0.29) is 12.6 Å². The molecule has 1 aromatic rings. The van der Waals surface area contributed by atoms with Crippen LogP contribution in [0.1, 0.15) is 19.4 Å². The van der Waals surface area contributed by atoms with Gasteiger partial charge in [0, 0.05) is 0 Å². The van der Waals surface area contributed by atoms with Crippen LogP contribution in [0.25, 0.3) is 0 Å². The molecule has 0 aliphatic heterocycles. The topological polar surface area (TPSA) is 67.3 Å². The van der Waals surface area contributed by atoms with E-state index in [0.29, 0.717) is 17.6 Å². The monoisotopic (exact) mass is 225 g/mol. The first-order valence-corrected chi connectivity index (χ1v) is 5.33. The fraction of sp³-hybridized carbons (Fsp3) is 0.636. The Morgan fingerprint density at radius 1 is 1.44 bits per heavy atom. The third-order valence-electron chi connectivity index (χ3n) is 2.55. The summed E-state index contributed by atoms with van der Waals surface area (Å²) in [7, 11) is 1.57. The number of hydrogen-bond acceptors (Lipinski definition) is 5. The van der Waals surface area contributed by atoms with E-state index in [1.165, 1.54) is 6.33 Å². The molecule has 90 valence electrons. The van der Waals surface area contributed by atoms with Gasteiger partial charge in [0.15, 0.2) is 0 Å². The Kier molecular flexibility index (Phi) is 4.49. The first-order valence-electron chi connectivity index (χ1n) is 5.33. The van der Waals surface area contributed by atoms with Crippen molar-refractivity contribution in [1.29, 1.82) is 0 Å². The van der Waals surface area contributed by atoms with Crippen LogP contribution in [0.4, 0.5) is 5.82 Å². The van der Waals surface area contributed by atoms with Crippen LogP contribution in [0.15, 0.2) is 6.33 Å². The number of hydrogen-bond donors (Lipinski definition) is 2. The molecule has 0 bridgehead atoms. The van der Waals surface area contributed by atoms with Crippen LogP contribution in [-0.2, 0) is 0 Å². The molecule has 0 fully saturated rings. The maximum Gasteiger partial charge on any atom is 0.221 e. The molecular weight excluding hydrogens is 206 g/mol. The highest BCUT2D eigenvalue weighted by atomic mass is 16.5. The van der Waals surface area contributed by atoms with Gasteiger partial charge in [-0.25, -0.2) is 9.97 Å². The maximum absolute atomic E-state index is 9.24. The number of ether oxygens (including phenoxy) is 1. The van der Waals surface area contributed by atoms with Crippen LogP contribution in [0.5, 0.6) is 5.88 Å². The van der Waals surface area contributed by atoms with Gasteiger partial charge in [-0.05, 0) is 12.8 Å². The fourth-order valence-electron chi connectivity index (χ4n) is 1.38. The first-order chi connectivity index (χ1) is 7.60. The van der Waals surface area contributed by atoms with E-state index < -0.39 is 0 Å². The van der Waals surface area contributed by atoms with Gasteiger partial charge in [-0.1, -0.05) is 13.8 Å². The van der Waals surface area contributed by atoms with Gasteiger partial charge in [0.05, 0.1) is 25.3 Å². The zero-order valence-electron chi connectivity index (χ0n) is 10.2. The quantitative estimate of drug-likeness (QED) is 0.788. The highest BCUT2D eigenvalue weighted by molar-refractivity contribution is 5.48. The summed E-state index contributed by atoms with van der Waals surface area (Å²) in [5.74, 6) is 1.59. The van der Waals surface area contributed by atoms with E-state index in [4.69, 9.17) is 4.74 Å². The summed E-state index contributed by atoms with van der Waals surface area (Å²) in [6.45, 7) is 6.04. The van der Waals surface area contributed by atoms with Crippen molar-refractivity contribution in [2.24, 2.45) is 5.92 Å². The van der Waals surface area contributed by atoms with Gasteiger partial charge in [-0.15, -0.1) is 0 Å². The maximum atomic E-state index is 9.24. The molecule has 1 rings (SSSR count). The lowest BCUT2D eigenvalue weighted by atomic mass is 10.1. The van der Waals surface area contributed by atoms with E-state index in [1.54, 1.807) is 7.11 Å². The van der Waals surface area contributed by atoms with Gasteiger partial charge < -0.3 is 15.2 Å². The van der Waals surface area contributed by atoms with Crippen molar-refractivity contribution in [1.82, 2.24) is 9.97 Å². The third-order valence-corrected chi connectivity index (χ3v) is 2.55. The van der Waals surface area contributed by atoms with Gasteiger partial charge >= 0.3 is 0 Å². The number of rotatable bonds is 5. The summed E-state index contributed by atoms with van der Waals surface area (Å²) in [4.78, 5) is 8.14. The molecule has 1 aromatic heterocycles. The van der Waals surface area contributed by atoms with Crippen molar-refractivity contribution in [3.05, 3.63) is 11.9 Å². The zero-order valence-corrected chi connectivity index (χ0v) is 10.2. The largest absolute Gasteiger partial charge is 0.481 e. The molecule has 16 heavy (non-hydrogen) atoms. The van der Waals surface area contributed by atoms with Crippen LogP contribution in [-0.4, -0.2) is 34.8 Å². The molecule has 0 saturated carbocycles. The minimum atomic E-state index is -0.0155. The molecule has 1 atom stereocenters. The van der Waals surface area contributed by atoms with Crippen LogP contribution in [0.3, 0.4) is 0 Å². The molecule has 1 heterocycles. The van der Waals surface area contributed by atoms with Crippen LogP contribution < -0.4 is 10.1 Å². The SMILES string of the molecule is COc1ncnc(N[C@H](CO)C(C)C)c1C. The van der Waals surface area contributed by atoms with Gasteiger partial charge in [0.2, 0.25) is 5.88 Å². The van der Waals surface area contributed by atoms with Crippen molar-refractivity contribution < 1.29 is 9.84 Å². The third kappa shape index (κ3) is 2.82. The molecule has 2 N–H and O–H groups in total. The summed E-state index contributed by atoms with van der Waals surface area (Å²) in [6.07, 6.45) is 1.45. The Bertz CT molecular complexity index is 342.